The smallest absolute Gasteiger partial charge is 0.337 e. The summed E-state index contributed by atoms with van der Waals surface area (Å²) in [6.45, 7) is -0.132. The molecule has 1 amide bonds. The molecule has 1 aliphatic rings. The second kappa shape index (κ2) is 8.58. The maximum absolute atomic E-state index is 12.4. The van der Waals surface area contributed by atoms with Crippen LogP contribution in [0, 0.1) is 0 Å². The van der Waals surface area contributed by atoms with Gasteiger partial charge in [0, 0.05) is 0 Å². The molecule has 0 spiro atoms. The first-order chi connectivity index (χ1) is 13.1. The van der Waals surface area contributed by atoms with E-state index in [1.807, 2.05) is 12.1 Å². The predicted molar refractivity (Wildman–Crippen MR) is 100 cm³/mol. The number of benzene rings is 2. The number of carbonyl (C=O) groups is 2. The van der Waals surface area contributed by atoms with Gasteiger partial charge in [-0.1, -0.05) is 24.3 Å². The van der Waals surface area contributed by atoms with Crippen LogP contribution in [0.2, 0.25) is 0 Å². The highest BCUT2D eigenvalue weighted by molar-refractivity contribution is 5.90. The lowest BCUT2D eigenvalue weighted by Crippen LogP contribution is -2.34. The normalized spacial score (nSPS) is 15.4. The number of nitrogens with one attached hydrogen (secondary N) is 1. The molecule has 6 nitrogen and oxygen atoms in total. The van der Waals surface area contributed by atoms with Crippen LogP contribution < -0.4 is 14.8 Å². The highest BCUT2D eigenvalue weighted by Gasteiger charge is 2.21. The molecular weight excluding hydrogens is 346 g/mol. The van der Waals surface area contributed by atoms with Gasteiger partial charge in [0.25, 0.3) is 5.91 Å². The van der Waals surface area contributed by atoms with Gasteiger partial charge in [-0.15, -0.1) is 0 Å². The molecule has 2 aromatic rings. The van der Waals surface area contributed by atoms with Crippen LogP contribution in [0.15, 0.2) is 42.5 Å². The topological polar surface area (TPSA) is 73.9 Å². The summed E-state index contributed by atoms with van der Waals surface area (Å²) in [5.41, 5.74) is 2.82. The average molecular weight is 369 g/mol. The third-order valence-electron chi connectivity index (χ3n) is 4.65. The Bertz CT molecular complexity index is 833. The summed E-state index contributed by atoms with van der Waals surface area (Å²) in [5, 5.41) is 3.04. The molecule has 2 aromatic carbocycles. The molecule has 1 atom stereocenters. The van der Waals surface area contributed by atoms with Gasteiger partial charge >= 0.3 is 5.97 Å². The minimum Gasteiger partial charge on any atom is -0.493 e. The third-order valence-corrected chi connectivity index (χ3v) is 4.65. The molecule has 0 aliphatic heterocycles. The monoisotopic (exact) mass is 369 g/mol. The number of esters is 1. The van der Waals surface area contributed by atoms with Crippen LogP contribution in [0.4, 0.5) is 0 Å². The molecule has 0 unspecified atom stereocenters. The van der Waals surface area contributed by atoms with E-state index >= 15 is 0 Å². The summed E-state index contributed by atoms with van der Waals surface area (Å²) >= 11 is 0. The van der Waals surface area contributed by atoms with Crippen molar-refractivity contribution >= 4 is 11.9 Å². The quantitative estimate of drug-likeness (QED) is 0.792. The molecule has 0 aromatic heterocycles. The first-order valence-corrected chi connectivity index (χ1v) is 8.88. The van der Waals surface area contributed by atoms with Gasteiger partial charge in [-0.25, -0.2) is 4.79 Å². The molecule has 0 heterocycles. The van der Waals surface area contributed by atoms with Crippen LogP contribution in [0.5, 0.6) is 11.5 Å². The standard InChI is InChI=1S/C21H23NO5/c1-25-19-12-15(21(24)26-2)10-11-18(19)27-13-20(23)22-17-9-5-7-14-6-3-4-8-16(14)17/h3-4,6,8,10-12,17H,5,7,9,13H2,1-2H3,(H,22,23)/t17-/m1/s1. The fourth-order valence-corrected chi connectivity index (χ4v) is 3.31. The molecule has 1 N–H and O–H groups in total. The Kier molecular flexibility index (Phi) is 5.96. The Hall–Kier alpha value is -3.02. The van der Waals surface area contributed by atoms with E-state index in [4.69, 9.17) is 9.47 Å². The summed E-state index contributed by atoms with van der Waals surface area (Å²) in [6, 6.07) is 12.9. The lowest BCUT2D eigenvalue weighted by Gasteiger charge is -2.26. The van der Waals surface area contributed by atoms with Gasteiger partial charge in [-0.2, -0.15) is 0 Å². The van der Waals surface area contributed by atoms with Crippen LogP contribution in [-0.2, 0) is 16.0 Å². The van der Waals surface area contributed by atoms with E-state index in [1.54, 1.807) is 12.1 Å². The average Bonchev–Trinajstić information content (AvgIpc) is 2.71. The van der Waals surface area contributed by atoms with E-state index in [9.17, 15) is 9.59 Å². The summed E-state index contributed by atoms with van der Waals surface area (Å²) in [5.74, 6) is 0.0995. The van der Waals surface area contributed by atoms with Gasteiger partial charge in [0.15, 0.2) is 18.1 Å². The van der Waals surface area contributed by atoms with E-state index in [1.165, 1.54) is 31.4 Å². The zero-order valence-electron chi connectivity index (χ0n) is 15.5. The zero-order chi connectivity index (χ0) is 19.2. The van der Waals surface area contributed by atoms with Crippen molar-refractivity contribution < 1.29 is 23.8 Å². The second-order valence-electron chi connectivity index (χ2n) is 6.36. The number of hydrogen-bond acceptors (Lipinski definition) is 5. The van der Waals surface area contributed by atoms with Crippen LogP contribution in [-0.4, -0.2) is 32.7 Å². The van der Waals surface area contributed by atoms with Gasteiger partial charge in [-0.05, 0) is 48.6 Å². The van der Waals surface area contributed by atoms with Crippen molar-refractivity contribution in [1.29, 1.82) is 0 Å². The van der Waals surface area contributed by atoms with Crippen LogP contribution in [0.25, 0.3) is 0 Å². The summed E-state index contributed by atoms with van der Waals surface area (Å²) in [4.78, 5) is 24.0. The number of fused-ring (bicyclic) bond motifs is 1. The van der Waals surface area contributed by atoms with Crippen molar-refractivity contribution in [1.82, 2.24) is 5.32 Å². The highest BCUT2D eigenvalue weighted by Crippen LogP contribution is 2.30. The van der Waals surface area contributed by atoms with Crippen molar-refractivity contribution in [2.24, 2.45) is 0 Å². The molecule has 0 saturated heterocycles. The number of hydrogen-bond donors (Lipinski definition) is 1. The van der Waals surface area contributed by atoms with E-state index in [-0.39, 0.29) is 18.6 Å². The molecular formula is C21H23NO5. The van der Waals surface area contributed by atoms with Crippen molar-refractivity contribution in [2.45, 2.75) is 25.3 Å². The summed E-state index contributed by atoms with van der Waals surface area (Å²) < 4.78 is 15.5. The number of aryl methyl sites for hydroxylation is 1. The maximum Gasteiger partial charge on any atom is 0.337 e. The third kappa shape index (κ3) is 4.39. The lowest BCUT2D eigenvalue weighted by atomic mass is 9.88. The fourth-order valence-electron chi connectivity index (χ4n) is 3.31. The Balaban J connectivity index is 1.62. The predicted octanol–water partition coefficient (Wildman–Crippen LogP) is 3.05. The molecule has 6 heteroatoms. The number of amides is 1. The van der Waals surface area contributed by atoms with Crippen molar-refractivity contribution in [3.63, 3.8) is 0 Å². The van der Waals surface area contributed by atoms with Gasteiger partial charge in [0.2, 0.25) is 0 Å². The van der Waals surface area contributed by atoms with Gasteiger partial charge < -0.3 is 19.5 Å². The Morgan fingerprint density at radius 2 is 1.93 bits per heavy atom. The minimum atomic E-state index is -0.464. The largest absolute Gasteiger partial charge is 0.493 e. The lowest BCUT2D eigenvalue weighted by molar-refractivity contribution is -0.124. The highest BCUT2D eigenvalue weighted by atomic mass is 16.5. The van der Waals surface area contributed by atoms with Gasteiger partial charge in [-0.3, -0.25) is 4.79 Å². The van der Waals surface area contributed by atoms with Crippen LogP contribution in [0.1, 0.15) is 40.4 Å². The van der Waals surface area contributed by atoms with Crippen LogP contribution >= 0.6 is 0 Å². The van der Waals surface area contributed by atoms with E-state index in [0.29, 0.717) is 17.1 Å². The van der Waals surface area contributed by atoms with Gasteiger partial charge in [0.05, 0.1) is 25.8 Å². The minimum absolute atomic E-state index is 0.00893. The Morgan fingerprint density at radius 1 is 1.11 bits per heavy atom. The molecule has 1 aliphatic carbocycles. The van der Waals surface area contributed by atoms with E-state index in [2.05, 4.69) is 22.2 Å². The van der Waals surface area contributed by atoms with E-state index < -0.39 is 5.97 Å². The molecule has 3 rings (SSSR count). The number of rotatable bonds is 6. The molecule has 27 heavy (non-hydrogen) atoms. The van der Waals surface area contributed by atoms with Gasteiger partial charge in [0.1, 0.15) is 0 Å². The first kappa shape index (κ1) is 18.8. The molecule has 0 fully saturated rings. The molecule has 0 bridgehead atoms. The summed E-state index contributed by atoms with van der Waals surface area (Å²) in [6.07, 6.45) is 3.01. The fraction of sp³-hybridized carbons (Fsp3) is 0.333. The van der Waals surface area contributed by atoms with E-state index in [0.717, 1.165) is 19.3 Å². The molecule has 0 radical (unpaired) electrons. The SMILES string of the molecule is COC(=O)c1ccc(OCC(=O)N[C@@H]2CCCc3ccccc32)c(OC)c1. The first-order valence-electron chi connectivity index (χ1n) is 8.88. The van der Waals surface area contributed by atoms with Crippen molar-refractivity contribution in [3.8, 4) is 11.5 Å². The Labute approximate surface area is 158 Å². The maximum atomic E-state index is 12.4. The number of carbonyl (C=O) groups excluding carboxylic acids is 2. The van der Waals surface area contributed by atoms with Crippen LogP contribution in [0.3, 0.4) is 0 Å². The number of ether oxygens (including phenoxy) is 3. The van der Waals surface area contributed by atoms with Crippen molar-refractivity contribution in [2.75, 3.05) is 20.8 Å². The van der Waals surface area contributed by atoms with Crippen molar-refractivity contribution in [3.05, 3.63) is 59.2 Å². The number of methoxy groups -OCH3 is 2. The zero-order valence-corrected chi connectivity index (χ0v) is 15.5. The Morgan fingerprint density at radius 3 is 2.70 bits per heavy atom. The summed E-state index contributed by atoms with van der Waals surface area (Å²) in [7, 11) is 2.79. The molecule has 0 saturated carbocycles. The second-order valence-corrected chi connectivity index (χ2v) is 6.36. The molecule has 142 valence electrons.